The van der Waals surface area contributed by atoms with Crippen LogP contribution in [0.2, 0.25) is 0 Å². The summed E-state index contributed by atoms with van der Waals surface area (Å²) in [4.78, 5) is 11.3. The summed E-state index contributed by atoms with van der Waals surface area (Å²) in [5.41, 5.74) is 2.34. The van der Waals surface area contributed by atoms with Crippen LogP contribution in [0.15, 0.2) is 0 Å². The summed E-state index contributed by atoms with van der Waals surface area (Å²) in [6, 6.07) is 0. The fourth-order valence-electron chi connectivity index (χ4n) is 1.68. The third kappa shape index (κ3) is 3.83. The molecule has 102 valence electrons. The fourth-order valence-corrected chi connectivity index (χ4v) is 2.18. The number of nitrogens with zero attached hydrogens (tertiary/aromatic N) is 2. The first-order valence-electron chi connectivity index (χ1n) is 5.52. The molecule has 0 fully saturated rings. The van der Waals surface area contributed by atoms with E-state index in [-0.39, 0.29) is 18.1 Å². The Hall–Kier alpha value is -1.37. The minimum atomic E-state index is -3.02. The monoisotopic (exact) mass is 274 g/mol. The van der Waals surface area contributed by atoms with Crippen LogP contribution in [-0.2, 0) is 32.3 Å². The lowest BCUT2D eigenvalue weighted by atomic mass is 10.1. The second kappa shape index (κ2) is 5.51. The maximum atomic E-state index is 11.3. The van der Waals surface area contributed by atoms with E-state index >= 15 is 0 Å². The van der Waals surface area contributed by atoms with Crippen LogP contribution >= 0.6 is 0 Å². The van der Waals surface area contributed by atoms with Crippen LogP contribution < -0.4 is 0 Å². The number of carbonyl (C=O) groups excluding carboxylic acids is 1. The van der Waals surface area contributed by atoms with E-state index in [9.17, 15) is 13.2 Å². The number of hydrogen-bond donors (Lipinski definition) is 0. The van der Waals surface area contributed by atoms with E-state index in [2.05, 4.69) is 9.84 Å². The molecule has 0 atom stereocenters. The second-order valence-corrected chi connectivity index (χ2v) is 6.52. The van der Waals surface area contributed by atoms with E-state index in [1.165, 1.54) is 13.4 Å². The van der Waals surface area contributed by atoms with Crippen molar-refractivity contribution in [3.63, 3.8) is 0 Å². The van der Waals surface area contributed by atoms with Crippen LogP contribution in [0.5, 0.6) is 0 Å². The van der Waals surface area contributed by atoms with Crippen molar-refractivity contribution in [3.8, 4) is 0 Å². The van der Waals surface area contributed by atoms with Crippen LogP contribution in [0.3, 0.4) is 0 Å². The number of esters is 1. The third-order valence-electron chi connectivity index (χ3n) is 2.75. The summed E-state index contributed by atoms with van der Waals surface area (Å²) in [7, 11) is -1.69. The Balaban J connectivity index is 2.90. The van der Waals surface area contributed by atoms with Gasteiger partial charge in [0.15, 0.2) is 0 Å². The molecule has 1 aromatic heterocycles. The number of ether oxygens (including phenoxy) is 1. The predicted octanol–water partition coefficient (Wildman–Crippen LogP) is 0.260. The molecule has 0 radical (unpaired) electrons. The molecule has 6 nitrogen and oxygen atoms in total. The molecule has 1 rings (SSSR count). The molecule has 1 heterocycles. The molecule has 0 saturated carbocycles. The number of hydrogen-bond acceptors (Lipinski definition) is 5. The number of aryl methyl sites for hydroxylation is 2. The molecule has 0 aromatic carbocycles. The Kier molecular flexibility index (Phi) is 4.50. The van der Waals surface area contributed by atoms with Crippen molar-refractivity contribution in [1.29, 1.82) is 0 Å². The summed E-state index contributed by atoms with van der Waals surface area (Å²) in [5, 5.41) is 4.25. The quantitative estimate of drug-likeness (QED) is 0.720. The van der Waals surface area contributed by atoms with Gasteiger partial charge in [-0.3, -0.25) is 9.48 Å². The van der Waals surface area contributed by atoms with Gasteiger partial charge in [-0.15, -0.1) is 0 Å². The summed E-state index contributed by atoms with van der Waals surface area (Å²) < 4.78 is 28.5. The molecule has 0 spiro atoms. The summed E-state index contributed by atoms with van der Waals surface area (Å²) in [6.07, 6.45) is 1.35. The zero-order chi connectivity index (χ0) is 13.9. The molecule has 0 aliphatic carbocycles. The second-order valence-electron chi connectivity index (χ2n) is 4.26. The number of carbonyl (C=O) groups is 1. The van der Waals surface area contributed by atoms with Crippen LogP contribution in [0.25, 0.3) is 0 Å². The summed E-state index contributed by atoms with van der Waals surface area (Å²) in [5.74, 6) is -0.295. The minimum Gasteiger partial charge on any atom is -0.469 e. The van der Waals surface area contributed by atoms with Gasteiger partial charge >= 0.3 is 5.97 Å². The molecule has 0 unspecified atom stereocenters. The van der Waals surface area contributed by atoms with Crippen molar-refractivity contribution < 1.29 is 17.9 Å². The third-order valence-corrected chi connectivity index (χ3v) is 3.68. The Bertz CT molecular complexity index is 546. The summed E-state index contributed by atoms with van der Waals surface area (Å²) >= 11 is 0. The van der Waals surface area contributed by atoms with Gasteiger partial charge in [0.1, 0.15) is 9.84 Å². The highest BCUT2D eigenvalue weighted by Crippen LogP contribution is 2.14. The predicted molar refractivity (Wildman–Crippen MR) is 67.1 cm³/mol. The van der Waals surface area contributed by atoms with Crippen LogP contribution in [0, 0.1) is 13.8 Å². The highest BCUT2D eigenvalue weighted by molar-refractivity contribution is 7.90. The van der Waals surface area contributed by atoms with Crippen molar-refractivity contribution in [3.05, 3.63) is 17.0 Å². The molecule has 7 heteroatoms. The average molecular weight is 274 g/mol. The number of methoxy groups -OCH3 is 1. The number of rotatable bonds is 5. The van der Waals surface area contributed by atoms with Crippen molar-refractivity contribution in [2.45, 2.75) is 26.8 Å². The number of sulfone groups is 1. The van der Waals surface area contributed by atoms with Gasteiger partial charge in [-0.1, -0.05) is 0 Å². The molecule has 1 aromatic rings. The van der Waals surface area contributed by atoms with Crippen molar-refractivity contribution in [2.24, 2.45) is 0 Å². The first kappa shape index (κ1) is 14.7. The van der Waals surface area contributed by atoms with Gasteiger partial charge in [-0.25, -0.2) is 8.42 Å². The first-order chi connectivity index (χ1) is 8.24. The van der Waals surface area contributed by atoms with Gasteiger partial charge in [0, 0.05) is 17.5 Å². The fraction of sp³-hybridized carbons (Fsp3) is 0.636. The van der Waals surface area contributed by atoms with E-state index in [4.69, 9.17) is 0 Å². The Morgan fingerprint density at radius 3 is 2.50 bits per heavy atom. The molecule has 0 amide bonds. The van der Waals surface area contributed by atoms with Crippen molar-refractivity contribution in [2.75, 3.05) is 19.1 Å². The lowest BCUT2D eigenvalue weighted by molar-refractivity contribution is -0.139. The lowest BCUT2D eigenvalue weighted by Gasteiger charge is -2.04. The van der Waals surface area contributed by atoms with E-state index in [0.717, 1.165) is 17.0 Å². The standard InChI is InChI=1S/C11H18N2O4S/c1-8-10(7-11(14)17-3)9(2)13(12-8)5-6-18(4,15)16/h5-7H2,1-4H3. The molecule has 18 heavy (non-hydrogen) atoms. The van der Waals surface area contributed by atoms with E-state index in [1.807, 2.05) is 6.92 Å². The molecule has 0 aliphatic heterocycles. The van der Waals surface area contributed by atoms with Gasteiger partial charge in [0.05, 0.1) is 31.5 Å². The van der Waals surface area contributed by atoms with E-state index < -0.39 is 9.84 Å². The van der Waals surface area contributed by atoms with Crippen molar-refractivity contribution >= 4 is 15.8 Å². The Morgan fingerprint density at radius 2 is 2.00 bits per heavy atom. The maximum absolute atomic E-state index is 11.3. The molecule has 0 saturated heterocycles. The number of aromatic nitrogens is 2. The highest BCUT2D eigenvalue weighted by atomic mass is 32.2. The van der Waals surface area contributed by atoms with Crippen LogP contribution in [0.1, 0.15) is 17.0 Å². The summed E-state index contributed by atoms with van der Waals surface area (Å²) in [6.45, 7) is 3.91. The van der Waals surface area contributed by atoms with E-state index in [0.29, 0.717) is 6.54 Å². The molecule has 0 bridgehead atoms. The SMILES string of the molecule is COC(=O)Cc1c(C)nn(CCS(C)(=O)=O)c1C. The van der Waals surface area contributed by atoms with Gasteiger partial charge in [-0.2, -0.15) is 5.10 Å². The van der Waals surface area contributed by atoms with Gasteiger partial charge in [0.25, 0.3) is 0 Å². The zero-order valence-corrected chi connectivity index (χ0v) is 11.9. The van der Waals surface area contributed by atoms with Crippen LogP contribution in [-0.4, -0.2) is 43.3 Å². The molecular weight excluding hydrogens is 256 g/mol. The Labute approximate surface area is 107 Å². The van der Waals surface area contributed by atoms with Crippen LogP contribution in [0.4, 0.5) is 0 Å². The molecule has 0 aliphatic rings. The van der Waals surface area contributed by atoms with Gasteiger partial charge in [-0.05, 0) is 13.8 Å². The highest BCUT2D eigenvalue weighted by Gasteiger charge is 2.15. The average Bonchev–Trinajstić information content (AvgIpc) is 2.53. The largest absolute Gasteiger partial charge is 0.469 e. The van der Waals surface area contributed by atoms with Crippen molar-refractivity contribution in [1.82, 2.24) is 9.78 Å². The molecular formula is C11H18N2O4S. The normalized spacial score (nSPS) is 11.6. The topological polar surface area (TPSA) is 78.3 Å². The van der Waals surface area contributed by atoms with E-state index in [1.54, 1.807) is 11.6 Å². The van der Waals surface area contributed by atoms with Gasteiger partial charge < -0.3 is 4.74 Å². The zero-order valence-electron chi connectivity index (χ0n) is 11.1. The lowest BCUT2D eigenvalue weighted by Crippen LogP contribution is -2.13. The van der Waals surface area contributed by atoms with Gasteiger partial charge in [0.2, 0.25) is 0 Å². The Morgan fingerprint density at radius 1 is 1.39 bits per heavy atom. The minimum absolute atomic E-state index is 0.0343. The molecule has 0 N–H and O–H groups in total. The first-order valence-corrected chi connectivity index (χ1v) is 7.58. The maximum Gasteiger partial charge on any atom is 0.310 e. The smallest absolute Gasteiger partial charge is 0.310 e.